The highest BCUT2D eigenvalue weighted by molar-refractivity contribution is 7.98. The minimum atomic E-state index is -1.49. The number of primary amides is 1. The van der Waals surface area contributed by atoms with E-state index in [2.05, 4.69) is 47.2 Å². The number of aromatic amines is 2. The summed E-state index contributed by atoms with van der Waals surface area (Å²) in [5.41, 5.74) is 14.5. The minimum Gasteiger partial charge on any atom is -0.508 e. The summed E-state index contributed by atoms with van der Waals surface area (Å²) in [4.78, 5) is 135. The van der Waals surface area contributed by atoms with E-state index >= 15 is 0 Å². The molecule has 0 radical (unpaired) electrons. The van der Waals surface area contributed by atoms with Gasteiger partial charge in [-0.25, -0.2) is 8.78 Å². The van der Waals surface area contributed by atoms with Crippen LogP contribution in [0.15, 0.2) is 114 Å². The van der Waals surface area contributed by atoms with Crippen molar-refractivity contribution in [2.75, 3.05) is 24.6 Å². The Morgan fingerprint density at radius 3 is 1.99 bits per heavy atom. The highest BCUT2D eigenvalue weighted by Crippen LogP contribution is 2.32. The molecule has 9 rings (SSSR count). The number of hydrogen-bond donors (Lipinski definition) is 12. The van der Waals surface area contributed by atoms with Crippen molar-refractivity contribution in [2.45, 2.75) is 131 Å². The third kappa shape index (κ3) is 17.9. The van der Waals surface area contributed by atoms with Gasteiger partial charge >= 0.3 is 0 Å². The first-order valence-corrected chi connectivity index (χ1v) is 33.0. The average molecular weight is 1320 g/mol. The number of phenolic OH excluding ortho intramolecular Hbond substituents is 1. The highest BCUT2D eigenvalue weighted by atomic mass is 32.2. The third-order valence-electron chi connectivity index (χ3n) is 16.6. The maximum absolute atomic E-state index is 14.9. The average Bonchev–Trinajstić information content (AvgIpc) is 1.72. The number of thioether (sulfide) groups is 2. The van der Waals surface area contributed by atoms with Gasteiger partial charge in [0.1, 0.15) is 64.9 Å². The number of nitrogens with two attached hydrogens (primary N) is 2. The van der Waals surface area contributed by atoms with Gasteiger partial charge in [-0.05, 0) is 141 Å². The zero-order valence-electron chi connectivity index (χ0n) is 51.4. The highest BCUT2D eigenvalue weighted by Gasteiger charge is 2.48. The molecule has 0 saturated carbocycles. The lowest BCUT2D eigenvalue weighted by Crippen LogP contribution is -2.62. The van der Waals surface area contributed by atoms with Gasteiger partial charge < -0.3 is 73.1 Å². The van der Waals surface area contributed by atoms with Crippen LogP contribution in [-0.2, 0) is 75.7 Å². The smallest absolute Gasteiger partial charge is 0.287 e. The van der Waals surface area contributed by atoms with Crippen LogP contribution in [0.4, 0.5) is 8.78 Å². The molecular weight excluding hydrogens is 1240 g/mol. The number of aromatic nitrogens is 2. The van der Waals surface area contributed by atoms with E-state index in [0.29, 0.717) is 81.6 Å². The Balaban J connectivity index is 1.01. The van der Waals surface area contributed by atoms with Crippen molar-refractivity contribution in [1.82, 2.24) is 52.1 Å². The van der Waals surface area contributed by atoms with Crippen LogP contribution >= 0.6 is 23.5 Å². The van der Waals surface area contributed by atoms with E-state index in [1.165, 1.54) is 96.0 Å². The van der Waals surface area contributed by atoms with Crippen molar-refractivity contribution >= 4 is 98.5 Å². The SMILES string of the molecule is C[C@H]1NC(=O)[C@H](CCCCN)NC(=O)CCSCc2cccc(c2)CSC[C@@H](C(N)=O)NC(=O)[C@]2(C)CCCN2C(=O)[C@H](Cc2ccc(O)cc2)NC(=O)c2ccc(o2)CNC(=O)[C@H](Cc2c[nH]c3ccc(F)cc23)NC(=O)[C@H](Cc2c[nH]c3ccc(F)cc23)NC1=O. The van der Waals surface area contributed by atoms with Crippen molar-refractivity contribution < 1.29 is 61.5 Å². The number of rotatable bonds is 11. The standard InChI is InChI=1S/C66H76F2N12O11S2/c1-37-59(84)76-53(28-42-32-72-50-18-13-44(68)30-48(42)50)62(87)77-52(27-41-31-71-49-17-12-43(67)29-47(41)49)60(85)73-33-46-16-19-56(91-46)63(88)78-54(26-38-10-14-45(81)15-11-38)64(89)80-23-6-21-66(80,2)65(90)79-55(58(70)83)36-93-35-40-8-5-7-39(25-40)34-92-24-20-57(82)75-51(61(86)74-37)9-3-4-22-69/h5,7-8,10-19,25,29-32,37,51-55,71-72,81H,3-4,6,9,20-24,26-28,33-36,69H2,1-2H3,(H2,70,83)(H,73,85)(H,74,86)(H,75,82)(H,76,84)(H,77,87)(H,78,88)(H,79,90)/t37-,51+,52+,53+,54+,55+,66+/m1/s1. The second-order valence-corrected chi connectivity index (χ2v) is 25.6. The molecule has 5 heterocycles. The lowest BCUT2D eigenvalue weighted by atomic mass is 9.95. The van der Waals surface area contributed by atoms with Crippen LogP contribution in [0.25, 0.3) is 21.8 Å². The molecule has 3 aromatic heterocycles. The van der Waals surface area contributed by atoms with Crippen LogP contribution in [0.1, 0.15) is 96.5 Å². The molecule has 7 atom stereocenters. The molecule has 2 aliphatic rings. The second-order valence-electron chi connectivity index (χ2n) is 23.5. The van der Waals surface area contributed by atoms with Gasteiger partial charge in [0, 0.05) is 89.4 Å². The van der Waals surface area contributed by atoms with Crippen LogP contribution in [0, 0.1) is 11.6 Å². The first kappa shape index (κ1) is 68.2. The van der Waals surface area contributed by atoms with Gasteiger partial charge in [0.05, 0.1) is 6.54 Å². The van der Waals surface area contributed by atoms with E-state index < -0.39 is 107 Å². The monoisotopic (exact) mass is 1310 g/mol. The zero-order chi connectivity index (χ0) is 66.3. The zero-order valence-corrected chi connectivity index (χ0v) is 53.0. The summed E-state index contributed by atoms with van der Waals surface area (Å²) < 4.78 is 35.5. The summed E-state index contributed by atoms with van der Waals surface area (Å²) in [6.45, 7) is 3.08. The minimum absolute atomic E-state index is 0.0369. The molecule has 2 aliphatic heterocycles. The van der Waals surface area contributed by atoms with E-state index in [1.54, 1.807) is 31.5 Å². The number of hydrogen-bond acceptors (Lipinski definition) is 14. The first-order valence-electron chi connectivity index (χ1n) is 30.7. The van der Waals surface area contributed by atoms with Crippen molar-refractivity contribution in [3.63, 3.8) is 0 Å². The Morgan fingerprint density at radius 1 is 0.699 bits per heavy atom. The van der Waals surface area contributed by atoms with Gasteiger partial charge in [-0.2, -0.15) is 23.5 Å². The van der Waals surface area contributed by atoms with Crippen LogP contribution in [0.2, 0.25) is 0 Å². The molecule has 0 unspecified atom stereocenters. The number of nitrogens with one attached hydrogen (secondary N) is 9. The summed E-state index contributed by atoms with van der Waals surface area (Å²) in [5, 5.41) is 30.2. The number of carbonyl (C=O) groups excluding carboxylic acids is 9. The molecule has 0 spiro atoms. The summed E-state index contributed by atoms with van der Waals surface area (Å²) in [6.07, 6.45) is 4.41. The fourth-order valence-electron chi connectivity index (χ4n) is 11.4. The molecule has 14 N–H and O–H groups in total. The largest absolute Gasteiger partial charge is 0.508 e. The van der Waals surface area contributed by atoms with Crippen molar-refractivity contribution in [3.8, 4) is 5.75 Å². The number of furan rings is 1. The van der Waals surface area contributed by atoms with E-state index in [9.17, 15) is 57.0 Å². The van der Waals surface area contributed by atoms with Crippen LogP contribution in [0.3, 0.4) is 0 Å². The molecule has 93 heavy (non-hydrogen) atoms. The van der Waals surface area contributed by atoms with Crippen LogP contribution < -0.4 is 48.7 Å². The number of amides is 9. The Labute approximate surface area is 543 Å². The molecule has 7 aromatic rings. The molecule has 4 bridgehead atoms. The quantitative estimate of drug-likeness (QED) is 0.0783. The van der Waals surface area contributed by atoms with Gasteiger partial charge in [-0.1, -0.05) is 36.4 Å². The van der Waals surface area contributed by atoms with Gasteiger partial charge in [0.2, 0.25) is 47.3 Å². The molecule has 492 valence electrons. The molecule has 0 aliphatic carbocycles. The number of benzene rings is 4. The number of aromatic hydroxyl groups is 1. The Morgan fingerprint density at radius 2 is 1.33 bits per heavy atom. The maximum atomic E-state index is 14.9. The molecule has 23 nitrogen and oxygen atoms in total. The Bertz CT molecular complexity index is 3880. The van der Waals surface area contributed by atoms with Crippen molar-refractivity contribution in [3.05, 3.63) is 160 Å². The maximum Gasteiger partial charge on any atom is 0.287 e. The summed E-state index contributed by atoms with van der Waals surface area (Å²) in [6, 6.07) is 16.8. The van der Waals surface area contributed by atoms with Crippen LogP contribution in [-0.4, -0.2) is 140 Å². The number of nitrogens with zero attached hydrogens (tertiary/aromatic N) is 1. The van der Waals surface area contributed by atoms with Gasteiger partial charge in [0.15, 0.2) is 5.76 Å². The molecule has 9 amide bonds. The number of fused-ring (bicyclic) bond motifs is 7. The topological polar surface area (TPSA) is 358 Å². The first-order chi connectivity index (χ1) is 44.6. The number of H-pyrrole nitrogens is 2. The molecule has 1 fully saturated rings. The van der Waals surface area contributed by atoms with E-state index in [4.69, 9.17) is 15.9 Å². The lowest BCUT2D eigenvalue weighted by Gasteiger charge is -2.37. The number of phenols is 1. The fraction of sp³-hybridized carbons (Fsp3) is 0.379. The third-order valence-corrected chi connectivity index (χ3v) is 18.7. The number of unbranched alkanes of at least 4 members (excludes halogenated alkanes) is 1. The summed E-state index contributed by atoms with van der Waals surface area (Å²) in [7, 11) is 0. The number of halogens is 2. The van der Waals surface area contributed by atoms with E-state index in [-0.39, 0.29) is 74.6 Å². The Hall–Kier alpha value is -9.21. The predicted octanol–water partition coefficient (Wildman–Crippen LogP) is 4.68. The molecule has 27 heteroatoms. The van der Waals surface area contributed by atoms with E-state index in [1.807, 2.05) is 24.3 Å². The van der Waals surface area contributed by atoms with Gasteiger partial charge in [0.25, 0.3) is 5.91 Å². The lowest BCUT2D eigenvalue weighted by molar-refractivity contribution is -0.146. The van der Waals surface area contributed by atoms with Crippen molar-refractivity contribution in [1.29, 1.82) is 0 Å². The van der Waals surface area contributed by atoms with Crippen molar-refractivity contribution in [2.24, 2.45) is 11.5 Å². The Kier molecular flexibility index (Phi) is 23.0. The molecule has 1 saturated heterocycles. The normalized spacial score (nSPS) is 22.6. The fourth-order valence-corrected chi connectivity index (χ4v) is 13.3. The molecule has 4 aromatic carbocycles. The predicted molar refractivity (Wildman–Crippen MR) is 348 cm³/mol. The second kappa shape index (κ2) is 31.4. The van der Waals surface area contributed by atoms with Gasteiger partial charge in [-0.3, -0.25) is 43.2 Å². The summed E-state index contributed by atoms with van der Waals surface area (Å²) in [5.74, 6) is -6.36. The van der Waals surface area contributed by atoms with E-state index in [0.717, 1.165) is 11.1 Å². The van der Waals surface area contributed by atoms with Crippen LogP contribution in [0.5, 0.6) is 5.75 Å². The summed E-state index contributed by atoms with van der Waals surface area (Å²) >= 11 is 2.86. The number of carbonyl (C=O) groups is 9. The van der Waals surface area contributed by atoms with Gasteiger partial charge in [-0.15, -0.1) is 0 Å². The molecular formula is C66H76F2N12O11S2.